The van der Waals surface area contributed by atoms with Crippen LogP contribution in [0.15, 0.2) is 24.3 Å². The predicted molar refractivity (Wildman–Crippen MR) is 39.9 cm³/mol. The maximum atomic E-state index is 8.11. The smallest absolute Gasteiger partial charge is 0.118 e. The number of methoxy groups -OCH3 is 1. The van der Waals surface area contributed by atoms with Gasteiger partial charge < -0.3 is 4.74 Å². The third-order valence-electron chi connectivity index (χ3n) is 1.39. The van der Waals surface area contributed by atoms with E-state index in [1.807, 2.05) is 24.3 Å². The Morgan fingerprint density at radius 3 is 2.36 bits per heavy atom. The van der Waals surface area contributed by atoms with Gasteiger partial charge >= 0.3 is 0 Å². The average molecular weight is 151 g/mol. The van der Waals surface area contributed by atoms with E-state index >= 15 is 0 Å². The highest BCUT2D eigenvalue weighted by atomic mass is 16.6. The first-order valence-corrected chi connectivity index (χ1v) is 3.26. The van der Waals surface area contributed by atoms with Crippen molar-refractivity contribution in [3.8, 4) is 5.75 Å². The van der Waals surface area contributed by atoms with Crippen molar-refractivity contribution in [2.45, 2.75) is 6.61 Å². The Bertz CT molecular complexity index is 208. The van der Waals surface area contributed by atoms with Crippen molar-refractivity contribution in [1.82, 2.24) is 5.90 Å². The van der Waals surface area contributed by atoms with Crippen LogP contribution in [0, 0.1) is 0 Å². The van der Waals surface area contributed by atoms with E-state index in [1.54, 1.807) is 7.11 Å². The van der Waals surface area contributed by atoms with Gasteiger partial charge in [-0.1, -0.05) is 12.1 Å². The summed E-state index contributed by atoms with van der Waals surface area (Å²) < 4.78 is 4.94. The fraction of sp³-hybridized carbons (Fsp3) is 0.250. The lowest BCUT2D eigenvalue weighted by Crippen LogP contribution is -1.89. The van der Waals surface area contributed by atoms with Crippen molar-refractivity contribution < 1.29 is 9.57 Å². The zero-order valence-corrected chi connectivity index (χ0v) is 6.28. The molecule has 0 amide bonds. The molecule has 0 N–H and O–H groups in total. The molecule has 1 aromatic rings. The fourth-order valence-corrected chi connectivity index (χ4v) is 0.796. The Morgan fingerprint density at radius 1 is 1.27 bits per heavy atom. The molecule has 0 spiro atoms. The first kappa shape index (κ1) is 8.04. The molecule has 1 rings (SSSR count). The van der Waals surface area contributed by atoms with Crippen LogP contribution in [0.4, 0.5) is 0 Å². The van der Waals surface area contributed by atoms with Gasteiger partial charge in [0.05, 0.1) is 13.7 Å². The lowest BCUT2D eigenvalue weighted by Gasteiger charge is -2.00. The van der Waals surface area contributed by atoms with Gasteiger partial charge in [0.25, 0.3) is 0 Å². The van der Waals surface area contributed by atoms with E-state index in [4.69, 9.17) is 10.6 Å². The quantitative estimate of drug-likeness (QED) is 0.609. The van der Waals surface area contributed by atoms with Crippen molar-refractivity contribution >= 4 is 0 Å². The second-order valence-corrected chi connectivity index (χ2v) is 2.12. The second kappa shape index (κ2) is 3.95. The van der Waals surface area contributed by atoms with Crippen LogP contribution in [0.5, 0.6) is 5.75 Å². The van der Waals surface area contributed by atoms with Crippen LogP contribution >= 0.6 is 0 Å². The SMILES string of the molecule is COc1ccc(CO[N])cc1. The molecule has 1 aromatic carbocycles. The van der Waals surface area contributed by atoms with Crippen molar-refractivity contribution in [3.63, 3.8) is 0 Å². The average Bonchev–Trinajstić information content (AvgIpc) is 2.07. The summed E-state index contributed by atoms with van der Waals surface area (Å²) in [5.74, 6) is 8.91. The molecule has 0 aromatic heterocycles. The van der Waals surface area contributed by atoms with E-state index < -0.39 is 0 Å². The summed E-state index contributed by atoms with van der Waals surface area (Å²) in [4.78, 5) is 3.96. The summed E-state index contributed by atoms with van der Waals surface area (Å²) in [6.07, 6.45) is 0. The molecule has 3 heteroatoms. The lowest BCUT2D eigenvalue weighted by molar-refractivity contribution is 0.104. The van der Waals surface area contributed by atoms with Crippen LogP contribution in [0.3, 0.4) is 0 Å². The standard InChI is InChI=1S/C8H9NO2/c1-10-8-4-2-7(3-5-8)6-11-9/h2-5H,6H2,1H3. The van der Waals surface area contributed by atoms with E-state index in [0.29, 0.717) is 0 Å². The van der Waals surface area contributed by atoms with Gasteiger partial charge in [0.2, 0.25) is 0 Å². The Kier molecular flexibility index (Phi) is 2.89. The summed E-state index contributed by atoms with van der Waals surface area (Å²) in [6, 6.07) is 7.28. The van der Waals surface area contributed by atoms with Gasteiger partial charge in [0.1, 0.15) is 5.75 Å². The zero-order chi connectivity index (χ0) is 8.10. The largest absolute Gasteiger partial charge is 0.497 e. The van der Waals surface area contributed by atoms with Gasteiger partial charge in [0.15, 0.2) is 0 Å². The Labute approximate surface area is 65.7 Å². The Balaban J connectivity index is 2.66. The maximum absolute atomic E-state index is 8.11. The first-order chi connectivity index (χ1) is 5.36. The van der Waals surface area contributed by atoms with E-state index in [-0.39, 0.29) is 6.61 Å². The summed E-state index contributed by atoms with van der Waals surface area (Å²) in [5.41, 5.74) is 0.910. The normalized spacial score (nSPS) is 9.64. The van der Waals surface area contributed by atoms with E-state index in [1.165, 1.54) is 0 Å². The first-order valence-electron chi connectivity index (χ1n) is 3.26. The minimum atomic E-state index is 0.212. The van der Waals surface area contributed by atoms with Crippen LogP contribution in [0.25, 0.3) is 0 Å². The van der Waals surface area contributed by atoms with Crippen LogP contribution in [-0.4, -0.2) is 7.11 Å². The second-order valence-electron chi connectivity index (χ2n) is 2.12. The summed E-state index contributed by atoms with van der Waals surface area (Å²) in [6.45, 7) is 0.212. The monoisotopic (exact) mass is 151 g/mol. The van der Waals surface area contributed by atoms with Crippen LogP contribution in [-0.2, 0) is 11.4 Å². The molecule has 0 heterocycles. The molecule has 3 nitrogen and oxygen atoms in total. The molecular formula is C8H9NO2. The van der Waals surface area contributed by atoms with Crippen molar-refractivity contribution in [2.24, 2.45) is 0 Å². The number of hydrogen-bond acceptors (Lipinski definition) is 2. The number of rotatable bonds is 3. The van der Waals surface area contributed by atoms with Gasteiger partial charge in [0, 0.05) is 5.90 Å². The zero-order valence-electron chi connectivity index (χ0n) is 6.28. The molecule has 58 valence electrons. The maximum Gasteiger partial charge on any atom is 0.118 e. The molecule has 2 radical (unpaired) electrons. The molecular weight excluding hydrogens is 142 g/mol. The van der Waals surface area contributed by atoms with Gasteiger partial charge in [-0.2, -0.15) is 0 Å². The molecule has 0 saturated heterocycles. The number of nitrogens with zero attached hydrogens (tertiary/aromatic N) is 1. The van der Waals surface area contributed by atoms with Crippen LogP contribution < -0.4 is 10.6 Å². The van der Waals surface area contributed by atoms with E-state index in [0.717, 1.165) is 11.3 Å². The topological polar surface area (TPSA) is 40.8 Å². The number of hydrogen-bond donors (Lipinski definition) is 0. The van der Waals surface area contributed by atoms with E-state index in [2.05, 4.69) is 4.84 Å². The lowest BCUT2D eigenvalue weighted by atomic mass is 10.2. The fourth-order valence-electron chi connectivity index (χ4n) is 0.796. The number of ether oxygens (including phenoxy) is 1. The summed E-state index contributed by atoms with van der Waals surface area (Å²) in [5, 5.41) is 0. The van der Waals surface area contributed by atoms with Gasteiger partial charge in [-0.05, 0) is 17.7 Å². The summed E-state index contributed by atoms with van der Waals surface area (Å²) >= 11 is 0. The molecule has 0 aliphatic rings. The van der Waals surface area contributed by atoms with Crippen molar-refractivity contribution in [3.05, 3.63) is 29.8 Å². The predicted octanol–water partition coefficient (Wildman–Crippen LogP) is 1.20. The van der Waals surface area contributed by atoms with Crippen molar-refractivity contribution in [2.75, 3.05) is 7.11 Å². The Morgan fingerprint density at radius 2 is 1.91 bits per heavy atom. The molecule has 0 fully saturated rings. The highest BCUT2D eigenvalue weighted by molar-refractivity contribution is 5.26. The third-order valence-corrected chi connectivity index (χ3v) is 1.39. The van der Waals surface area contributed by atoms with Crippen LogP contribution in [0.1, 0.15) is 5.56 Å². The van der Waals surface area contributed by atoms with Gasteiger partial charge in [-0.25, -0.2) is 0 Å². The van der Waals surface area contributed by atoms with Crippen molar-refractivity contribution in [1.29, 1.82) is 0 Å². The third kappa shape index (κ3) is 2.22. The van der Waals surface area contributed by atoms with E-state index in [9.17, 15) is 0 Å². The molecule has 0 unspecified atom stereocenters. The highest BCUT2D eigenvalue weighted by Crippen LogP contribution is 2.11. The molecule has 0 saturated carbocycles. The minimum absolute atomic E-state index is 0.212. The van der Waals surface area contributed by atoms with Gasteiger partial charge in [-0.3, -0.25) is 4.84 Å². The highest BCUT2D eigenvalue weighted by Gasteiger charge is 1.92. The molecule has 0 aliphatic heterocycles. The number of benzene rings is 1. The Hall–Kier alpha value is -1.06. The summed E-state index contributed by atoms with van der Waals surface area (Å²) in [7, 11) is 1.61. The molecule has 11 heavy (non-hydrogen) atoms. The molecule has 0 aliphatic carbocycles. The van der Waals surface area contributed by atoms with Crippen LogP contribution in [0.2, 0.25) is 0 Å². The molecule has 0 bridgehead atoms. The minimum Gasteiger partial charge on any atom is -0.497 e. The molecule has 0 atom stereocenters. The van der Waals surface area contributed by atoms with Gasteiger partial charge in [-0.15, -0.1) is 0 Å².